The summed E-state index contributed by atoms with van der Waals surface area (Å²) < 4.78 is 0. The van der Waals surface area contributed by atoms with Crippen LogP contribution >= 0.6 is 0 Å². The smallest absolute Gasteiger partial charge is 0.0628 e. The molecule has 3 nitrogen and oxygen atoms in total. The molecule has 0 bridgehead atoms. The van der Waals surface area contributed by atoms with Gasteiger partial charge >= 0.3 is 0 Å². The largest absolute Gasteiger partial charge is 0.371 e. The summed E-state index contributed by atoms with van der Waals surface area (Å²) in [6, 6.07) is 6.57. The number of anilines is 2. The second-order valence-corrected chi connectivity index (χ2v) is 13.4. The number of piperazine rings is 1. The van der Waals surface area contributed by atoms with Gasteiger partial charge in [0.25, 0.3) is 0 Å². The lowest BCUT2D eigenvalue weighted by molar-refractivity contribution is 0.314. The highest BCUT2D eigenvalue weighted by atomic mass is 15.3. The highest BCUT2D eigenvalue weighted by Gasteiger charge is 2.20. The maximum Gasteiger partial charge on any atom is 0.0628 e. The van der Waals surface area contributed by atoms with Crippen molar-refractivity contribution in [3.8, 4) is 0 Å². The van der Waals surface area contributed by atoms with Crippen LogP contribution in [-0.4, -0.2) is 31.1 Å². The first kappa shape index (κ1) is 51.9. The van der Waals surface area contributed by atoms with Crippen LogP contribution < -0.4 is 10.2 Å². The Morgan fingerprint density at radius 2 is 1.29 bits per heavy atom. The molecule has 1 aliphatic rings. The average molecular weight is 702 g/mol. The molecule has 0 amide bonds. The monoisotopic (exact) mass is 702 g/mol. The minimum atomic E-state index is 0.932. The second kappa shape index (κ2) is 35.0. The van der Waals surface area contributed by atoms with Crippen LogP contribution in [0, 0.1) is 0 Å². The maximum atomic E-state index is 4.21. The zero-order valence-electron chi connectivity index (χ0n) is 35.9. The first-order valence-corrected chi connectivity index (χ1v) is 20.0. The van der Waals surface area contributed by atoms with E-state index in [9.17, 15) is 0 Å². The molecule has 1 fully saturated rings. The molecule has 0 unspecified atom stereocenters. The van der Waals surface area contributed by atoms with E-state index in [0.29, 0.717) is 0 Å². The van der Waals surface area contributed by atoms with Crippen LogP contribution in [-0.2, 0) is 0 Å². The highest BCUT2D eigenvalue weighted by molar-refractivity contribution is 5.78. The van der Waals surface area contributed by atoms with Gasteiger partial charge in [-0.1, -0.05) is 160 Å². The molecule has 2 rings (SSSR count). The lowest BCUT2D eigenvalue weighted by atomic mass is 10.1. The van der Waals surface area contributed by atoms with Crippen molar-refractivity contribution in [2.45, 2.75) is 147 Å². The zero-order valence-corrected chi connectivity index (χ0v) is 35.9. The van der Waals surface area contributed by atoms with E-state index < -0.39 is 0 Å². The fourth-order valence-electron chi connectivity index (χ4n) is 5.00. The van der Waals surface area contributed by atoms with Crippen LogP contribution in [0.2, 0.25) is 0 Å². The SMILES string of the molecule is C=C(C)C.C=C(C)CCC.C=C/C=C\C=C(/CC)N1CCN(c2ccc(C(=C)C)cc2NC(=C)/C(C)=C/C)CC1.CC.CCCCCCCCC. The van der Waals surface area contributed by atoms with Gasteiger partial charge < -0.3 is 15.1 Å². The van der Waals surface area contributed by atoms with E-state index in [0.717, 1.165) is 60.7 Å². The molecule has 3 heteroatoms. The van der Waals surface area contributed by atoms with Crippen LogP contribution in [0.1, 0.15) is 153 Å². The third-order valence-corrected chi connectivity index (χ3v) is 7.99. The fraction of sp³-hybridized carbons (Fsp3) is 0.542. The quantitative estimate of drug-likeness (QED) is 0.0991. The summed E-state index contributed by atoms with van der Waals surface area (Å²) >= 11 is 0. The van der Waals surface area contributed by atoms with Gasteiger partial charge in [0.15, 0.2) is 0 Å². The number of unbranched alkanes of at least 4 members (excludes halogenated alkanes) is 6. The van der Waals surface area contributed by atoms with Crippen LogP contribution in [0.25, 0.3) is 5.57 Å². The Bertz CT molecular complexity index is 1170. The van der Waals surface area contributed by atoms with Crippen LogP contribution in [0.3, 0.4) is 0 Å². The minimum Gasteiger partial charge on any atom is -0.371 e. The zero-order chi connectivity index (χ0) is 39.6. The predicted octanol–water partition coefficient (Wildman–Crippen LogP) is 15.5. The van der Waals surface area contributed by atoms with E-state index in [1.807, 2.05) is 53.7 Å². The molecule has 1 aromatic carbocycles. The molecular weight excluding hydrogens is 619 g/mol. The molecule has 1 saturated heterocycles. The summed E-state index contributed by atoms with van der Waals surface area (Å²) in [6.07, 6.45) is 23.6. The van der Waals surface area contributed by atoms with E-state index in [1.165, 1.54) is 80.3 Å². The van der Waals surface area contributed by atoms with Crippen molar-refractivity contribution in [2.24, 2.45) is 0 Å². The van der Waals surface area contributed by atoms with E-state index in [2.05, 4.69) is 126 Å². The standard InChI is InChI=1S/C27H37N3.C9H20.C6H12.C4H8.C2H6/c1-8-11-12-13-25(10-3)29-16-18-30(19-17-29)27-15-14-24(21(4)5)20-26(27)28-23(7)22(6)9-2;1-3-5-7-9-8-6-4-2;1-4-5-6(2)3;1-4(2)3;1-2/h8-9,11-15,20,28H,1,4,7,10,16-19H2,2-3,5-6H3;3-9H2,1-2H3;2,4-5H2,1,3H3;1H2,2-3H3;1-2H3/b12-11-,22-9+,25-13+;;;;. The van der Waals surface area contributed by atoms with Gasteiger partial charge in [0.1, 0.15) is 0 Å². The minimum absolute atomic E-state index is 0.932. The Morgan fingerprint density at radius 3 is 1.69 bits per heavy atom. The van der Waals surface area contributed by atoms with Crippen molar-refractivity contribution in [3.63, 3.8) is 0 Å². The van der Waals surface area contributed by atoms with Crippen molar-refractivity contribution in [1.82, 2.24) is 4.90 Å². The molecule has 0 atom stereocenters. The first-order valence-electron chi connectivity index (χ1n) is 20.0. The molecule has 0 saturated carbocycles. The van der Waals surface area contributed by atoms with Crippen LogP contribution in [0.4, 0.5) is 11.4 Å². The molecule has 51 heavy (non-hydrogen) atoms. The van der Waals surface area contributed by atoms with Crippen molar-refractivity contribution in [3.05, 3.63) is 115 Å². The maximum absolute atomic E-state index is 4.21. The average Bonchev–Trinajstić information content (AvgIpc) is 3.11. The molecule has 0 radical (unpaired) electrons. The van der Waals surface area contributed by atoms with Gasteiger partial charge in [-0.05, 0) is 83.7 Å². The van der Waals surface area contributed by atoms with Crippen LogP contribution in [0.5, 0.6) is 0 Å². The predicted molar refractivity (Wildman–Crippen MR) is 240 cm³/mol. The van der Waals surface area contributed by atoms with Gasteiger partial charge in [-0.25, -0.2) is 0 Å². The second-order valence-electron chi connectivity index (χ2n) is 13.4. The van der Waals surface area contributed by atoms with E-state index in [1.54, 1.807) is 0 Å². The number of allylic oxidation sites excluding steroid dienone is 10. The molecule has 1 aromatic rings. The molecule has 1 heterocycles. The lowest BCUT2D eigenvalue weighted by Gasteiger charge is -2.39. The first-order chi connectivity index (χ1) is 24.3. The molecule has 0 aliphatic carbocycles. The molecule has 0 spiro atoms. The third kappa shape index (κ3) is 27.9. The van der Waals surface area contributed by atoms with E-state index in [-0.39, 0.29) is 0 Å². The molecule has 290 valence electrons. The third-order valence-electron chi connectivity index (χ3n) is 7.99. The number of hydrogen-bond donors (Lipinski definition) is 1. The summed E-state index contributed by atoms with van der Waals surface area (Å²) in [5, 5.41) is 3.54. The molecule has 1 aliphatic heterocycles. The molecular formula is C48H83N3. The lowest BCUT2D eigenvalue weighted by Crippen LogP contribution is -2.46. The summed E-state index contributed by atoms with van der Waals surface area (Å²) in [7, 11) is 0. The topological polar surface area (TPSA) is 18.5 Å². The Hall–Kier alpha value is -3.46. The van der Waals surface area contributed by atoms with Gasteiger partial charge in [-0.15, -0.1) is 13.2 Å². The molecule has 1 N–H and O–H groups in total. The summed E-state index contributed by atoms with van der Waals surface area (Å²) in [6.45, 7) is 48.4. The van der Waals surface area contributed by atoms with Gasteiger partial charge in [0, 0.05) is 37.6 Å². The van der Waals surface area contributed by atoms with Gasteiger partial charge in [0.2, 0.25) is 0 Å². The summed E-state index contributed by atoms with van der Waals surface area (Å²) in [5.41, 5.74) is 10.4. The van der Waals surface area contributed by atoms with Gasteiger partial charge in [-0.3, -0.25) is 0 Å². The van der Waals surface area contributed by atoms with Crippen LogP contribution in [0.15, 0.2) is 110 Å². The number of nitrogens with zero attached hydrogens (tertiary/aromatic N) is 2. The van der Waals surface area contributed by atoms with Crippen molar-refractivity contribution in [2.75, 3.05) is 36.4 Å². The van der Waals surface area contributed by atoms with Crippen molar-refractivity contribution >= 4 is 16.9 Å². The Kier molecular flexibility index (Phi) is 35.6. The number of nitrogens with one attached hydrogen (secondary N) is 1. The Morgan fingerprint density at radius 1 is 0.765 bits per heavy atom. The van der Waals surface area contributed by atoms with Crippen molar-refractivity contribution < 1.29 is 0 Å². The number of rotatable bonds is 17. The highest BCUT2D eigenvalue weighted by Crippen LogP contribution is 2.32. The van der Waals surface area contributed by atoms with E-state index >= 15 is 0 Å². The Balaban J connectivity index is -0.000000894. The summed E-state index contributed by atoms with van der Waals surface area (Å²) in [5.74, 6) is 0. The summed E-state index contributed by atoms with van der Waals surface area (Å²) in [4.78, 5) is 4.95. The molecule has 0 aromatic heterocycles. The number of hydrogen-bond acceptors (Lipinski definition) is 3. The van der Waals surface area contributed by atoms with Gasteiger partial charge in [0.05, 0.1) is 11.4 Å². The number of benzene rings is 1. The fourth-order valence-corrected chi connectivity index (χ4v) is 5.00. The Labute approximate surface area is 319 Å². The van der Waals surface area contributed by atoms with E-state index in [4.69, 9.17) is 0 Å². The van der Waals surface area contributed by atoms with Crippen molar-refractivity contribution in [1.29, 1.82) is 0 Å². The normalized spacial score (nSPS) is 12.5. The van der Waals surface area contributed by atoms with Gasteiger partial charge in [-0.2, -0.15) is 0 Å².